The minimum Gasteiger partial charge on any atom is -0.358 e. The molecular formula is C13H17FN2O. The molecule has 0 aliphatic carbocycles. The summed E-state index contributed by atoms with van der Waals surface area (Å²) in [4.78, 5) is 12.1. The van der Waals surface area contributed by atoms with Crippen LogP contribution in [0.2, 0.25) is 0 Å². The van der Waals surface area contributed by atoms with Crippen LogP contribution in [0.25, 0.3) is 0 Å². The third-order valence-electron chi connectivity index (χ3n) is 3.44. The first-order valence-corrected chi connectivity index (χ1v) is 5.88. The van der Waals surface area contributed by atoms with Gasteiger partial charge in [0.05, 0.1) is 5.41 Å². The van der Waals surface area contributed by atoms with E-state index >= 15 is 0 Å². The third-order valence-corrected chi connectivity index (χ3v) is 3.44. The van der Waals surface area contributed by atoms with E-state index in [0.29, 0.717) is 18.5 Å². The van der Waals surface area contributed by atoms with E-state index in [0.717, 1.165) is 13.0 Å². The number of amides is 1. The first-order chi connectivity index (χ1) is 8.20. The number of nitrogens with one attached hydrogen (secondary N) is 2. The first-order valence-electron chi connectivity index (χ1n) is 5.88. The second kappa shape index (κ2) is 4.84. The highest BCUT2D eigenvalue weighted by molar-refractivity contribution is 5.88. The lowest BCUT2D eigenvalue weighted by atomic mass is 9.73. The summed E-state index contributed by atoms with van der Waals surface area (Å²) < 4.78 is 13.9. The van der Waals surface area contributed by atoms with Gasteiger partial charge in [-0.15, -0.1) is 0 Å². The molecule has 0 saturated carbocycles. The van der Waals surface area contributed by atoms with Crippen molar-refractivity contribution in [2.75, 3.05) is 20.1 Å². The molecule has 0 bridgehead atoms. The fraction of sp³-hybridized carbons (Fsp3) is 0.462. The van der Waals surface area contributed by atoms with Crippen LogP contribution in [-0.4, -0.2) is 26.0 Å². The van der Waals surface area contributed by atoms with Crippen molar-refractivity contribution in [3.05, 3.63) is 35.6 Å². The fourth-order valence-corrected chi connectivity index (χ4v) is 2.54. The van der Waals surface area contributed by atoms with Crippen LogP contribution < -0.4 is 10.6 Å². The molecule has 0 aromatic heterocycles. The first kappa shape index (κ1) is 12.0. The SMILES string of the molecule is CNC(=O)C1(c2ccccc2F)CCCNC1. The summed E-state index contributed by atoms with van der Waals surface area (Å²) in [5.41, 5.74) is -0.273. The van der Waals surface area contributed by atoms with Gasteiger partial charge in [0, 0.05) is 19.2 Å². The van der Waals surface area contributed by atoms with Crippen LogP contribution in [0.5, 0.6) is 0 Å². The predicted molar refractivity (Wildman–Crippen MR) is 64.2 cm³/mol. The number of hydrogen-bond acceptors (Lipinski definition) is 2. The Morgan fingerprint density at radius 2 is 2.24 bits per heavy atom. The number of piperidine rings is 1. The lowest BCUT2D eigenvalue weighted by Gasteiger charge is -2.36. The molecule has 1 heterocycles. The second-order valence-electron chi connectivity index (χ2n) is 4.42. The number of halogens is 1. The number of rotatable bonds is 2. The van der Waals surface area contributed by atoms with Gasteiger partial charge >= 0.3 is 0 Å². The molecule has 1 aliphatic heterocycles. The van der Waals surface area contributed by atoms with Crippen molar-refractivity contribution in [3.8, 4) is 0 Å². The van der Waals surface area contributed by atoms with Gasteiger partial charge in [0.15, 0.2) is 0 Å². The Balaban J connectivity index is 2.46. The quantitative estimate of drug-likeness (QED) is 0.810. The lowest BCUT2D eigenvalue weighted by Crippen LogP contribution is -2.53. The highest BCUT2D eigenvalue weighted by atomic mass is 19.1. The highest BCUT2D eigenvalue weighted by Gasteiger charge is 2.42. The molecule has 17 heavy (non-hydrogen) atoms. The zero-order chi connectivity index (χ0) is 12.3. The zero-order valence-electron chi connectivity index (χ0n) is 9.92. The molecule has 0 spiro atoms. The average Bonchev–Trinajstić information content (AvgIpc) is 2.39. The summed E-state index contributed by atoms with van der Waals surface area (Å²) in [6, 6.07) is 6.54. The van der Waals surface area contributed by atoms with Crippen LogP contribution in [0, 0.1) is 5.82 Å². The molecule has 1 atom stereocenters. The van der Waals surface area contributed by atoms with Gasteiger partial charge in [0.2, 0.25) is 5.91 Å². The lowest BCUT2D eigenvalue weighted by molar-refractivity contribution is -0.127. The van der Waals surface area contributed by atoms with Crippen LogP contribution in [-0.2, 0) is 10.2 Å². The Morgan fingerprint density at radius 3 is 2.82 bits per heavy atom. The van der Waals surface area contributed by atoms with Gasteiger partial charge in [-0.3, -0.25) is 4.79 Å². The van der Waals surface area contributed by atoms with Crippen LogP contribution in [0.1, 0.15) is 18.4 Å². The largest absolute Gasteiger partial charge is 0.358 e. The smallest absolute Gasteiger partial charge is 0.231 e. The van der Waals surface area contributed by atoms with Crippen molar-refractivity contribution in [2.45, 2.75) is 18.3 Å². The van der Waals surface area contributed by atoms with Crippen LogP contribution >= 0.6 is 0 Å². The molecule has 1 fully saturated rings. The summed E-state index contributed by atoms with van der Waals surface area (Å²) >= 11 is 0. The molecule has 4 heteroatoms. The van der Waals surface area contributed by atoms with Gasteiger partial charge in [-0.25, -0.2) is 4.39 Å². The normalized spacial score (nSPS) is 24.4. The molecule has 1 amide bonds. The molecule has 1 saturated heterocycles. The van der Waals surface area contributed by atoms with Gasteiger partial charge in [-0.2, -0.15) is 0 Å². The number of carbonyl (C=O) groups is 1. The number of likely N-dealkylation sites (N-methyl/N-ethyl adjacent to an activating group) is 1. The fourth-order valence-electron chi connectivity index (χ4n) is 2.54. The molecule has 1 aromatic rings. The van der Waals surface area contributed by atoms with E-state index in [9.17, 15) is 9.18 Å². The summed E-state index contributed by atoms with van der Waals surface area (Å²) in [6.45, 7) is 1.38. The van der Waals surface area contributed by atoms with Crippen LogP contribution in [0.3, 0.4) is 0 Å². The number of carbonyl (C=O) groups excluding carboxylic acids is 1. The molecule has 1 aliphatic rings. The Morgan fingerprint density at radius 1 is 1.47 bits per heavy atom. The Kier molecular flexibility index (Phi) is 3.43. The highest BCUT2D eigenvalue weighted by Crippen LogP contribution is 2.33. The Hall–Kier alpha value is -1.42. The molecule has 1 aromatic carbocycles. The van der Waals surface area contributed by atoms with Gasteiger partial charge in [-0.1, -0.05) is 18.2 Å². The Labute approximate surface area is 100 Å². The monoisotopic (exact) mass is 236 g/mol. The van der Waals surface area contributed by atoms with Gasteiger partial charge in [-0.05, 0) is 25.5 Å². The summed E-state index contributed by atoms with van der Waals surface area (Å²) in [5.74, 6) is -0.422. The summed E-state index contributed by atoms with van der Waals surface area (Å²) in [6.07, 6.45) is 1.56. The second-order valence-corrected chi connectivity index (χ2v) is 4.42. The Bertz CT molecular complexity index is 414. The topological polar surface area (TPSA) is 41.1 Å². The summed E-state index contributed by atoms with van der Waals surface area (Å²) in [7, 11) is 1.60. The van der Waals surface area contributed by atoms with E-state index in [4.69, 9.17) is 0 Å². The maximum Gasteiger partial charge on any atom is 0.231 e. The molecular weight excluding hydrogens is 219 g/mol. The maximum absolute atomic E-state index is 13.9. The van der Waals surface area contributed by atoms with Crippen LogP contribution in [0.4, 0.5) is 4.39 Å². The van der Waals surface area contributed by atoms with Crippen molar-refractivity contribution in [1.82, 2.24) is 10.6 Å². The van der Waals surface area contributed by atoms with Crippen molar-refractivity contribution < 1.29 is 9.18 Å². The van der Waals surface area contributed by atoms with E-state index in [2.05, 4.69) is 10.6 Å². The molecule has 3 nitrogen and oxygen atoms in total. The third kappa shape index (κ3) is 2.05. The standard InChI is InChI=1S/C13H17FN2O/c1-15-12(17)13(7-4-8-16-9-13)10-5-2-3-6-11(10)14/h2-3,5-6,16H,4,7-9H2,1H3,(H,15,17). The molecule has 1 unspecified atom stereocenters. The van der Waals surface area contributed by atoms with Crippen molar-refractivity contribution in [1.29, 1.82) is 0 Å². The zero-order valence-corrected chi connectivity index (χ0v) is 9.92. The van der Waals surface area contributed by atoms with Gasteiger partial charge < -0.3 is 10.6 Å². The molecule has 92 valence electrons. The van der Waals surface area contributed by atoms with Crippen molar-refractivity contribution in [3.63, 3.8) is 0 Å². The minimum atomic E-state index is -0.766. The van der Waals surface area contributed by atoms with Gasteiger partial charge in [0.1, 0.15) is 5.82 Å². The van der Waals surface area contributed by atoms with Gasteiger partial charge in [0.25, 0.3) is 0 Å². The molecule has 2 N–H and O–H groups in total. The number of hydrogen-bond donors (Lipinski definition) is 2. The number of benzene rings is 1. The maximum atomic E-state index is 13.9. The van der Waals surface area contributed by atoms with E-state index in [1.165, 1.54) is 6.07 Å². The van der Waals surface area contributed by atoms with E-state index in [1.54, 1.807) is 25.2 Å². The predicted octanol–water partition coefficient (Wildman–Crippen LogP) is 1.19. The van der Waals surface area contributed by atoms with E-state index < -0.39 is 5.41 Å². The van der Waals surface area contributed by atoms with Crippen molar-refractivity contribution in [2.24, 2.45) is 0 Å². The molecule has 2 rings (SSSR count). The molecule has 0 radical (unpaired) electrons. The summed E-state index contributed by atoms with van der Waals surface area (Å²) in [5, 5.41) is 5.84. The average molecular weight is 236 g/mol. The van der Waals surface area contributed by atoms with Crippen molar-refractivity contribution >= 4 is 5.91 Å². The van der Waals surface area contributed by atoms with E-state index in [1.807, 2.05) is 0 Å². The van der Waals surface area contributed by atoms with E-state index in [-0.39, 0.29) is 11.7 Å². The minimum absolute atomic E-state index is 0.116. The van der Waals surface area contributed by atoms with Crippen LogP contribution in [0.15, 0.2) is 24.3 Å².